The van der Waals surface area contributed by atoms with Gasteiger partial charge in [-0.3, -0.25) is 9.69 Å². The van der Waals surface area contributed by atoms with Gasteiger partial charge in [-0.05, 0) is 56.8 Å². The van der Waals surface area contributed by atoms with Gasteiger partial charge < -0.3 is 19.4 Å². The summed E-state index contributed by atoms with van der Waals surface area (Å²) >= 11 is 0. The second kappa shape index (κ2) is 9.49. The van der Waals surface area contributed by atoms with Gasteiger partial charge in [0.2, 0.25) is 5.91 Å². The lowest BCUT2D eigenvalue weighted by Crippen LogP contribution is -2.61. The maximum absolute atomic E-state index is 13.6. The fourth-order valence-electron chi connectivity index (χ4n) is 6.12. The van der Waals surface area contributed by atoms with E-state index in [0.29, 0.717) is 30.8 Å². The number of ether oxygens (including phenoxy) is 1. The zero-order valence-corrected chi connectivity index (χ0v) is 19.2. The lowest BCUT2D eigenvalue weighted by molar-refractivity contribution is -0.144. The average molecular weight is 441 g/mol. The Morgan fingerprint density at radius 1 is 1.22 bits per heavy atom. The lowest BCUT2D eigenvalue weighted by Gasteiger charge is -2.53. The van der Waals surface area contributed by atoms with Crippen LogP contribution < -0.4 is 5.32 Å². The predicted octanol–water partition coefficient (Wildman–Crippen LogP) is 2.70. The van der Waals surface area contributed by atoms with Gasteiger partial charge in [0.15, 0.2) is 11.5 Å². The van der Waals surface area contributed by atoms with Crippen molar-refractivity contribution in [3.63, 3.8) is 0 Å². The molecule has 1 saturated carbocycles. The number of morpholine rings is 1. The molecule has 1 aromatic carbocycles. The number of likely N-dealkylation sites (tertiary alicyclic amines) is 1. The van der Waals surface area contributed by atoms with Crippen molar-refractivity contribution in [1.29, 1.82) is 0 Å². The summed E-state index contributed by atoms with van der Waals surface area (Å²) < 4.78 is 11.4. The Hall–Kier alpha value is -1.96. The Balaban J connectivity index is 1.24. The summed E-state index contributed by atoms with van der Waals surface area (Å²) in [5.74, 6) is 1.38. The molecule has 7 heteroatoms. The van der Waals surface area contributed by atoms with Crippen molar-refractivity contribution in [3.8, 4) is 0 Å². The molecule has 3 fully saturated rings. The molecule has 32 heavy (non-hydrogen) atoms. The molecule has 7 nitrogen and oxygen atoms in total. The van der Waals surface area contributed by atoms with Gasteiger partial charge in [-0.2, -0.15) is 0 Å². The number of aromatic nitrogens is 1. The summed E-state index contributed by atoms with van der Waals surface area (Å²) in [6.45, 7) is 9.52. The van der Waals surface area contributed by atoms with Crippen molar-refractivity contribution in [1.82, 2.24) is 20.1 Å². The highest BCUT2D eigenvalue weighted by Crippen LogP contribution is 2.47. The number of rotatable bonds is 6. The van der Waals surface area contributed by atoms with Crippen LogP contribution >= 0.6 is 0 Å². The van der Waals surface area contributed by atoms with Crippen molar-refractivity contribution in [2.75, 3.05) is 52.5 Å². The monoisotopic (exact) mass is 440 g/mol. The van der Waals surface area contributed by atoms with Crippen LogP contribution in [0.3, 0.4) is 0 Å². The van der Waals surface area contributed by atoms with Crippen LogP contribution in [-0.2, 0) is 16.0 Å². The first-order valence-electron chi connectivity index (χ1n) is 12.3. The molecule has 2 aliphatic heterocycles. The normalized spacial score (nSPS) is 29.7. The van der Waals surface area contributed by atoms with E-state index in [1.54, 1.807) is 0 Å². The third-order valence-electron chi connectivity index (χ3n) is 7.99. The van der Waals surface area contributed by atoms with Crippen LogP contribution in [0.1, 0.15) is 38.5 Å². The van der Waals surface area contributed by atoms with Gasteiger partial charge in [-0.1, -0.05) is 19.1 Å². The summed E-state index contributed by atoms with van der Waals surface area (Å²) in [4.78, 5) is 23.3. The maximum atomic E-state index is 13.6. The van der Waals surface area contributed by atoms with Gasteiger partial charge in [-0.15, -0.1) is 0 Å². The Morgan fingerprint density at radius 3 is 2.88 bits per heavy atom. The average Bonchev–Trinajstić information content (AvgIpc) is 3.26. The van der Waals surface area contributed by atoms with Crippen LogP contribution in [0.15, 0.2) is 28.7 Å². The van der Waals surface area contributed by atoms with Gasteiger partial charge in [0.25, 0.3) is 0 Å². The summed E-state index contributed by atoms with van der Waals surface area (Å²) in [5, 5.41) is 3.27. The molecule has 5 rings (SSSR count). The van der Waals surface area contributed by atoms with Gasteiger partial charge in [-0.25, -0.2) is 4.98 Å². The molecule has 0 unspecified atom stereocenters. The molecular weight excluding hydrogens is 404 g/mol. The van der Waals surface area contributed by atoms with Crippen molar-refractivity contribution in [2.24, 2.45) is 11.3 Å². The van der Waals surface area contributed by atoms with E-state index in [-0.39, 0.29) is 11.3 Å². The molecule has 0 radical (unpaired) electrons. The van der Waals surface area contributed by atoms with Crippen LogP contribution in [-0.4, -0.2) is 79.2 Å². The Morgan fingerprint density at radius 2 is 2.06 bits per heavy atom. The minimum atomic E-state index is -0.266. The third kappa shape index (κ3) is 4.30. The van der Waals surface area contributed by atoms with Crippen molar-refractivity contribution in [3.05, 3.63) is 30.2 Å². The standard InChI is InChI=1S/C25H36N4O3/c1-2-28-12-9-19-17-20(29-13-15-31-16-14-29)7-10-25(19,18-28)24(30)26-11-8-23-27-21-5-3-4-6-22(21)32-23/h3-6,19-20H,2,7-18H2,1H3,(H,26,30)/t19-,20+,25-/m1/s1. The molecule has 2 saturated heterocycles. The number of carbonyl (C=O) groups excluding carboxylic acids is 1. The van der Waals surface area contributed by atoms with E-state index >= 15 is 0 Å². The second-order valence-corrected chi connectivity index (χ2v) is 9.67. The molecule has 3 aliphatic rings. The lowest BCUT2D eigenvalue weighted by atomic mass is 9.61. The van der Waals surface area contributed by atoms with Gasteiger partial charge in [0.1, 0.15) is 5.52 Å². The van der Waals surface area contributed by atoms with E-state index in [9.17, 15) is 4.79 Å². The number of piperidine rings is 1. The van der Waals surface area contributed by atoms with E-state index in [1.165, 1.54) is 0 Å². The van der Waals surface area contributed by atoms with Crippen LogP contribution in [0.5, 0.6) is 0 Å². The number of fused-ring (bicyclic) bond motifs is 2. The number of nitrogens with zero attached hydrogens (tertiary/aromatic N) is 3. The quantitative estimate of drug-likeness (QED) is 0.745. The topological polar surface area (TPSA) is 70.8 Å². The van der Waals surface area contributed by atoms with Crippen LogP contribution in [0, 0.1) is 11.3 Å². The van der Waals surface area contributed by atoms with Crippen molar-refractivity contribution in [2.45, 2.75) is 45.1 Å². The summed E-state index contributed by atoms with van der Waals surface area (Å²) in [7, 11) is 0. The molecule has 3 heterocycles. The van der Waals surface area contributed by atoms with Crippen molar-refractivity contribution < 1.29 is 13.9 Å². The largest absolute Gasteiger partial charge is 0.441 e. The predicted molar refractivity (Wildman–Crippen MR) is 123 cm³/mol. The number of benzene rings is 1. The minimum absolute atomic E-state index is 0.234. The summed E-state index contributed by atoms with van der Waals surface area (Å²) in [5.41, 5.74) is 1.41. The van der Waals surface area contributed by atoms with Gasteiger partial charge in [0.05, 0.1) is 18.6 Å². The molecule has 1 amide bonds. The fourth-order valence-corrected chi connectivity index (χ4v) is 6.12. The zero-order valence-electron chi connectivity index (χ0n) is 19.2. The number of hydrogen-bond acceptors (Lipinski definition) is 6. The smallest absolute Gasteiger partial charge is 0.227 e. The van der Waals surface area contributed by atoms with E-state index in [2.05, 4.69) is 27.0 Å². The van der Waals surface area contributed by atoms with E-state index in [1.807, 2.05) is 24.3 Å². The van der Waals surface area contributed by atoms with E-state index in [4.69, 9.17) is 9.15 Å². The van der Waals surface area contributed by atoms with E-state index in [0.717, 1.165) is 82.7 Å². The molecule has 174 valence electrons. The SMILES string of the molecule is CCN1CC[C@@H]2C[C@@H](N3CCOCC3)CC[C@@]2(C(=O)NCCc2nc3ccccc3o2)C1. The molecule has 3 atom stereocenters. The highest BCUT2D eigenvalue weighted by Gasteiger charge is 2.52. The molecule has 1 N–H and O–H groups in total. The molecular formula is C25H36N4O3. The number of carbonyl (C=O) groups is 1. The number of para-hydroxylation sites is 2. The zero-order chi connectivity index (χ0) is 22.0. The fraction of sp³-hybridized carbons (Fsp3) is 0.680. The molecule has 0 spiro atoms. The molecule has 0 bridgehead atoms. The number of oxazole rings is 1. The second-order valence-electron chi connectivity index (χ2n) is 9.67. The van der Waals surface area contributed by atoms with Crippen molar-refractivity contribution >= 4 is 17.0 Å². The van der Waals surface area contributed by atoms with E-state index < -0.39 is 0 Å². The first-order chi connectivity index (χ1) is 15.7. The number of nitrogens with one attached hydrogen (secondary N) is 1. The first-order valence-corrected chi connectivity index (χ1v) is 12.3. The molecule has 1 aliphatic carbocycles. The highest BCUT2D eigenvalue weighted by molar-refractivity contribution is 5.83. The Labute approximate surface area is 190 Å². The Kier molecular flexibility index (Phi) is 6.49. The summed E-state index contributed by atoms with van der Waals surface area (Å²) in [6, 6.07) is 8.40. The van der Waals surface area contributed by atoms with Crippen LogP contribution in [0.25, 0.3) is 11.1 Å². The third-order valence-corrected chi connectivity index (χ3v) is 7.99. The van der Waals surface area contributed by atoms with Gasteiger partial charge in [0, 0.05) is 38.6 Å². The molecule has 2 aromatic rings. The summed E-state index contributed by atoms with van der Waals surface area (Å²) in [6.07, 6.45) is 4.95. The highest BCUT2D eigenvalue weighted by atomic mass is 16.5. The number of hydrogen-bond donors (Lipinski definition) is 1. The van der Waals surface area contributed by atoms with Gasteiger partial charge >= 0.3 is 0 Å². The minimum Gasteiger partial charge on any atom is -0.441 e. The van der Waals surface area contributed by atoms with Crippen LogP contribution in [0.2, 0.25) is 0 Å². The first kappa shape index (κ1) is 21.9. The number of amides is 1. The van der Waals surface area contributed by atoms with Crippen LogP contribution in [0.4, 0.5) is 0 Å². The molecule has 1 aromatic heterocycles. The Bertz CT molecular complexity index is 892. The maximum Gasteiger partial charge on any atom is 0.227 e.